The first-order valence-electron chi connectivity index (χ1n) is 14.2. The van der Waals surface area contributed by atoms with Crippen LogP contribution < -0.4 is 14.9 Å². The third-order valence-electron chi connectivity index (χ3n) is 7.92. The molecule has 4 atom stereocenters. The van der Waals surface area contributed by atoms with Crippen molar-refractivity contribution in [3.63, 3.8) is 0 Å². The molecule has 1 saturated carbocycles. The Bertz CT molecular complexity index is 1540. The fraction of sp³-hybridized carbons (Fsp3) is 0.387. The molecule has 1 fully saturated rings. The van der Waals surface area contributed by atoms with Gasteiger partial charge in [0.25, 0.3) is 11.8 Å². The topological polar surface area (TPSA) is 110 Å². The van der Waals surface area contributed by atoms with E-state index in [-0.39, 0.29) is 24.6 Å². The van der Waals surface area contributed by atoms with E-state index in [0.717, 1.165) is 19.3 Å². The molecule has 43 heavy (non-hydrogen) atoms. The van der Waals surface area contributed by atoms with Gasteiger partial charge in [-0.3, -0.25) is 28.3 Å². The minimum absolute atomic E-state index is 0.0456. The first-order valence-corrected chi connectivity index (χ1v) is 17.5. The van der Waals surface area contributed by atoms with E-state index in [0.29, 0.717) is 44.6 Å². The number of hydroxylamine groups is 1. The van der Waals surface area contributed by atoms with E-state index in [1.165, 1.54) is 7.11 Å². The van der Waals surface area contributed by atoms with Crippen LogP contribution in [0.2, 0.25) is 10.0 Å². The summed E-state index contributed by atoms with van der Waals surface area (Å²) in [6.45, 7) is 0.0456. The van der Waals surface area contributed by atoms with Gasteiger partial charge in [0.1, 0.15) is 12.4 Å². The lowest BCUT2D eigenvalue weighted by atomic mass is 9.76. The number of nitrogens with one attached hydrogen (secondary N) is 2. The number of hydrogen-bond acceptors (Lipinski definition) is 6. The predicted molar refractivity (Wildman–Crippen MR) is 169 cm³/mol. The highest BCUT2D eigenvalue weighted by Crippen LogP contribution is 2.50. The Kier molecular flexibility index (Phi) is 9.73. The largest absolute Gasteiger partial charge is 0.496 e. The van der Waals surface area contributed by atoms with Crippen molar-refractivity contribution in [2.75, 3.05) is 19.6 Å². The zero-order valence-corrected chi connectivity index (χ0v) is 26.7. The molecular formula is C31H36Cl2N4O5S. The number of ether oxygens (including phenoxy) is 1. The van der Waals surface area contributed by atoms with Crippen LogP contribution in [-0.2, 0) is 26.4 Å². The molecule has 0 radical (unpaired) electrons. The number of aromatic nitrogens is 1. The summed E-state index contributed by atoms with van der Waals surface area (Å²) < 4.78 is 22.0. The third-order valence-corrected chi connectivity index (χ3v) is 9.44. The molecule has 1 aliphatic carbocycles. The van der Waals surface area contributed by atoms with Crippen LogP contribution in [0.25, 0.3) is 0 Å². The number of benzene rings is 2. The van der Waals surface area contributed by atoms with Gasteiger partial charge in [-0.1, -0.05) is 64.4 Å². The van der Waals surface area contributed by atoms with Gasteiger partial charge < -0.3 is 9.64 Å². The number of fused-ring (bicyclic) bond motifs is 1. The van der Waals surface area contributed by atoms with Gasteiger partial charge in [0.2, 0.25) is 0 Å². The molecule has 2 aliphatic rings. The minimum Gasteiger partial charge on any atom is -0.496 e. The monoisotopic (exact) mass is 646 g/mol. The average Bonchev–Trinajstić information content (AvgIpc) is 2.97. The molecule has 1 aliphatic heterocycles. The molecule has 0 spiro atoms. The Morgan fingerprint density at radius 2 is 1.88 bits per heavy atom. The van der Waals surface area contributed by atoms with Gasteiger partial charge in [0.15, 0.2) is 0 Å². The molecule has 2 amide bonds. The third kappa shape index (κ3) is 6.89. The highest BCUT2D eigenvalue weighted by Gasteiger charge is 2.50. The van der Waals surface area contributed by atoms with Gasteiger partial charge in [0.05, 0.1) is 24.8 Å². The average molecular weight is 648 g/mol. The first kappa shape index (κ1) is 31.4. The number of carbonyl (C=O) groups is 2. The second-order valence-electron chi connectivity index (χ2n) is 11.2. The van der Waals surface area contributed by atoms with Crippen LogP contribution in [0, 0.1) is 0 Å². The number of carbonyl (C=O) groups excluding carboxylic acids is 2. The van der Waals surface area contributed by atoms with Gasteiger partial charge in [0, 0.05) is 52.0 Å². The van der Waals surface area contributed by atoms with Crippen LogP contribution in [0.1, 0.15) is 64.8 Å². The number of rotatable bonds is 9. The van der Waals surface area contributed by atoms with Crippen LogP contribution >= 0.6 is 23.2 Å². The van der Waals surface area contributed by atoms with E-state index in [4.69, 9.17) is 32.8 Å². The Hall–Kier alpha value is -3.02. The Balaban J connectivity index is 1.65. The molecule has 9 nitrogen and oxygen atoms in total. The summed E-state index contributed by atoms with van der Waals surface area (Å²) in [6, 6.07) is 14.2. The van der Waals surface area contributed by atoms with Crippen molar-refractivity contribution >= 4 is 45.1 Å². The normalized spacial score (nSPS) is 22.5. The quantitative estimate of drug-likeness (QED) is 0.223. The zero-order chi connectivity index (χ0) is 30.7. The summed E-state index contributed by atoms with van der Waals surface area (Å²) in [5, 5.41) is 0.744. The van der Waals surface area contributed by atoms with E-state index in [1.807, 2.05) is 6.07 Å². The highest BCUT2D eigenvalue weighted by molar-refractivity contribution is 7.99. The molecule has 5 rings (SSSR count). The van der Waals surface area contributed by atoms with Crippen LogP contribution in [0.4, 0.5) is 0 Å². The Morgan fingerprint density at radius 1 is 1.09 bits per heavy atom. The lowest BCUT2D eigenvalue weighted by molar-refractivity contribution is -0.138. The Labute approximate surface area is 262 Å². The summed E-state index contributed by atoms with van der Waals surface area (Å²) in [5.74, 6) is -1.31. The molecule has 2 aromatic carbocycles. The van der Waals surface area contributed by atoms with Gasteiger partial charge in [-0.25, -0.2) is 5.48 Å². The van der Waals surface area contributed by atoms with Gasteiger partial charge in [-0.2, -0.15) is 0 Å². The zero-order valence-electron chi connectivity index (χ0n) is 24.3. The maximum absolute atomic E-state index is 14.6. The minimum atomic E-state index is -2.66. The number of amides is 2. The number of pyridine rings is 1. The van der Waals surface area contributed by atoms with E-state index in [9.17, 15) is 13.8 Å². The summed E-state index contributed by atoms with van der Waals surface area (Å²) >= 11 is 13.1. The molecule has 2 heterocycles. The smallest absolute Gasteiger partial charge is 0.255 e. The SMILES string of the molecule is COc1cccc2c1[C@@H](C(=O)NOCc1ccccn1)[C@H](c1ccc(Cl)cc1Cl)N(C1CCCC[C@@H]1N[SH](C)(C)=O)C2=O. The summed E-state index contributed by atoms with van der Waals surface area (Å²) in [6.07, 6.45) is 8.20. The van der Waals surface area contributed by atoms with Crippen molar-refractivity contribution in [2.45, 2.75) is 56.3 Å². The summed E-state index contributed by atoms with van der Waals surface area (Å²) in [7, 11) is -1.16. The van der Waals surface area contributed by atoms with Crippen LogP contribution in [0.3, 0.4) is 0 Å². The number of nitrogens with zero attached hydrogens (tertiary/aromatic N) is 2. The van der Waals surface area contributed by atoms with Crippen molar-refractivity contribution in [3.05, 3.63) is 93.2 Å². The van der Waals surface area contributed by atoms with Gasteiger partial charge >= 0.3 is 0 Å². The van der Waals surface area contributed by atoms with Crippen LogP contribution in [-0.4, -0.2) is 57.6 Å². The van der Waals surface area contributed by atoms with Gasteiger partial charge in [-0.15, -0.1) is 0 Å². The molecule has 1 aromatic heterocycles. The fourth-order valence-electron chi connectivity index (χ4n) is 6.24. The van der Waals surface area contributed by atoms with Crippen molar-refractivity contribution < 1.29 is 23.4 Å². The van der Waals surface area contributed by atoms with E-state index in [1.54, 1.807) is 72.1 Å². The number of methoxy groups -OCH3 is 1. The highest BCUT2D eigenvalue weighted by atomic mass is 35.5. The predicted octanol–water partition coefficient (Wildman–Crippen LogP) is 5.02. The fourth-order valence-corrected chi connectivity index (χ4v) is 7.86. The maximum atomic E-state index is 14.6. The summed E-state index contributed by atoms with van der Waals surface area (Å²) in [5.41, 5.74) is 4.60. The second kappa shape index (κ2) is 13.3. The first-order chi connectivity index (χ1) is 20.6. The van der Waals surface area contributed by atoms with Crippen molar-refractivity contribution in [2.24, 2.45) is 0 Å². The standard InChI is InChI=1S/C31H36Cl2N4O5S/c1-41-26-13-8-10-22-27(26)28(30(38)35-42-18-20-9-6-7-16-34-20)29(21-15-14-19(32)17-23(21)33)37(31(22)39)25-12-5-4-11-24(25)36-43(2,3)40/h6-10,13-17,24-25,28-29,43H,4-5,11-12,18H2,1-3H3,(H,35,38)(H,36,40)/t24-,25?,28+,29-/m0/s1. The van der Waals surface area contributed by atoms with Crippen molar-refractivity contribution in [3.8, 4) is 5.75 Å². The number of halogens is 2. The van der Waals surface area contributed by atoms with Gasteiger partial charge in [-0.05, 0) is 54.8 Å². The van der Waals surface area contributed by atoms with Crippen molar-refractivity contribution in [1.82, 2.24) is 20.1 Å². The number of thiol groups is 1. The maximum Gasteiger partial charge on any atom is 0.255 e. The van der Waals surface area contributed by atoms with E-state index < -0.39 is 28.0 Å². The van der Waals surface area contributed by atoms with E-state index >= 15 is 0 Å². The van der Waals surface area contributed by atoms with Crippen LogP contribution in [0.15, 0.2) is 60.8 Å². The van der Waals surface area contributed by atoms with Crippen LogP contribution in [0.5, 0.6) is 5.75 Å². The molecule has 3 aromatic rings. The second-order valence-corrected chi connectivity index (χ2v) is 15.0. The molecule has 2 N–H and O–H groups in total. The molecule has 1 unspecified atom stereocenters. The van der Waals surface area contributed by atoms with E-state index in [2.05, 4.69) is 15.2 Å². The Morgan fingerprint density at radius 3 is 2.58 bits per heavy atom. The molecule has 0 saturated heterocycles. The molecule has 0 bridgehead atoms. The lowest BCUT2D eigenvalue weighted by Crippen LogP contribution is -2.59. The molecule has 12 heteroatoms. The summed E-state index contributed by atoms with van der Waals surface area (Å²) in [4.78, 5) is 40.4. The van der Waals surface area contributed by atoms with Crippen molar-refractivity contribution in [1.29, 1.82) is 0 Å². The molecule has 230 valence electrons. The molecular weight excluding hydrogens is 611 g/mol. The lowest BCUT2D eigenvalue weighted by Gasteiger charge is -2.50. The number of hydrogen-bond donors (Lipinski definition) is 3.